The Bertz CT molecular complexity index is 3130. The number of hydrogen-bond donors (Lipinski definition) is 0. The van der Waals surface area contributed by atoms with Crippen LogP contribution in [0.3, 0.4) is 0 Å². The number of aromatic nitrogens is 6. The third-order valence-electron chi connectivity index (χ3n) is 10.7. The molecule has 0 aliphatic rings. The predicted octanol–water partition coefficient (Wildman–Crippen LogP) is 12.1. The topological polar surface area (TPSA) is 61.4 Å². The van der Waals surface area contributed by atoms with Crippen LogP contribution in [0.2, 0.25) is 0 Å². The Morgan fingerprint density at radius 3 is 1.43 bits per heavy atom. The summed E-state index contributed by atoms with van der Waals surface area (Å²) in [5.41, 5.74) is 11.5. The molecule has 4 heterocycles. The molecule has 56 heavy (non-hydrogen) atoms. The molecule has 0 saturated heterocycles. The lowest BCUT2D eigenvalue weighted by Gasteiger charge is -2.16. The zero-order valence-corrected chi connectivity index (χ0v) is 30.2. The molecule has 11 rings (SSSR count). The first-order valence-electron chi connectivity index (χ1n) is 18.7. The Hall–Kier alpha value is -7.70. The van der Waals surface area contributed by atoms with E-state index >= 15 is 0 Å². The summed E-state index contributed by atoms with van der Waals surface area (Å²) >= 11 is 0. The molecule has 0 aliphatic heterocycles. The van der Waals surface area contributed by atoms with Crippen LogP contribution in [0, 0.1) is 0 Å². The van der Waals surface area contributed by atoms with E-state index in [0.29, 0.717) is 17.5 Å². The van der Waals surface area contributed by atoms with Crippen molar-refractivity contribution >= 4 is 43.6 Å². The van der Waals surface area contributed by atoms with Crippen molar-refractivity contribution in [1.29, 1.82) is 0 Å². The maximum Gasteiger partial charge on any atom is 0.164 e. The molecule has 0 bridgehead atoms. The first-order valence-corrected chi connectivity index (χ1v) is 18.7. The molecule has 0 fully saturated rings. The van der Waals surface area contributed by atoms with Gasteiger partial charge >= 0.3 is 0 Å². The third-order valence-corrected chi connectivity index (χ3v) is 10.7. The summed E-state index contributed by atoms with van der Waals surface area (Å²) in [6.45, 7) is 0. The average Bonchev–Trinajstić information content (AvgIpc) is 3.79. The summed E-state index contributed by atoms with van der Waals surface area (Å²) < 4.78 is 4.76. The lowest BCUT2D eigenvalue weighted by atomic mass is 10.0. The van der Waals surface area contributed by atoms with Crippen LogP contribution in [0.5, 0.6) is 0 Å². The normalized spacial score (nSPS) is 11.6. The molecular weight excluding hydrogens is 685 g/mol. The second-order valence-electron chi connectivity index (χ2n) is 13.9. The minimum absolute atomic E-state index is 0.603. The number of para-hydroxylation sites is 3. The molecular formula is C50H32N6. The number of nitrogens with zero attached hydrogens (tertiary/aromatic N) is 6. The van der Waals surface area contributed by atoms with E-state index in [-0.39, 0.29) is 0 Å². The standard InChI is InChI=1S/C50H32N6/c1-3-14-33(15-4-1)48-52-49(34-16-5-2-6-17-34)54-50(53-48)35-25-27-38(36-18-13-29-51-32-36)47(30-35)56-45-24-12-9-21-41(45)42-31-37(26-28-46(42)56)55-43-22-10-7-19-39(43)40-20-8-11-23-44(40)55/h1-32H. The van der Waals surface area contributed by atoms with Crippen LogP contribution >= 0.6 is 0 Å². The van der Waals surface area contributed by atoms with Crippen molar-refractivity contribution in [1.82, 2.24) is 29.1 Å². The van der Waals surface area contributed by atoms with Crippen molar-refractivity contribution in [3.63, 3.8) is 0 Å². The van der Waals surface area contributed by atoms with Crippen LogP contribution in [0.25, 0.3) is 100 Å². The van der Waals surface area contributed by atoms with Gasteiger partial charge in [-0.1, -0.05) is 133 Å². The SMILES string of the molecule is c1ccc(-c2nc(-c3ccccc3)nc(-c3ccc(-c4cccnc4)c(-n4c5ccccc5c5cc(-n6c7ccccc7c7ccccc76)ccc54)c3)n2)cc1. The summed E-state index contributed by atoms with van der Waals surface area (Å²) in [7, 11) is 0. The van der Waals surface area contributed by atoms with E-state index in [1.54, 1.807) is 0 Å². The fourth-order valence-corrected chi connectivity index (χ4v) is 8.12. The summed E-state index contributed by atoms with van der Waals surface area (Å²) in [5.74, 6) is 1.86. The lowest BCUT2D eigenvalue weighted by molar-refractivity contribution is 1.07. The van der Waals surface area contributed by atoms with E-state index in [0.717, 1.165) is 50.2 Å². The first kappa shape index (κ1) is 31.8. The summed E-state index contributed by atoms with van der Waals surface area (Å²) in [6, 6.07) is 63.6. The molecule has 11 aromatic rings. The minimum Gasteiger partial charge on any atom is -0.309 e. The van der Waals surface area contributed by atoms with Crippen molar-refractivity contribution in [2.24, 2.45) is 0 Å². The van der Waals surface area contributed by atoms with Crippen molar-refractivity contribution in [2.75, 3.05) is 0 Å². The summed E-state index contributed by atoms with van der Waals surface area (Å²) in [5, 5.41) is 4.83. The fraction of sp³-hybridized carbons (Fsp3) is 0. The molecule has 7 aromatic carbocycles. The van der Waals surface area contributed by atoms with Crippen LogP contribution in [-0.4, -0.2) is 29.1 Å². The molecule has 0 unspecified atom stereocenters. The van der Waals surface area contributed by atoms with Crippen LogP contribution in [-0.2, 0) is 0 Å². The number of hydrogen-bond acceptors (Lipinski definition) is 4. The zero-order valence-electron chi connectivity index (χ0n) is 30.2. The maximum atomic E-state index is 5.09. The van der Waals surface area contributed by atoms with Crippen LogP contribution in [0.15, 0.2) is 194 Å². The Morgan fingerprint density at radius 1 is 0.339 bits per heavy atom. The molecule has 0 atom stereocenters. The summed E-state index contributed by atoms with van der Waals surface area (Å²) in [4.78, 5) is 19.7. The van der Waals surface area contributed by atoms with Crippen LogP contribution in [0.1, 0.15) is 0 Å². The Labute approximate surface area is 322 Å². The molecule has 0 N–H and O–H groups in total. The number of pyridine rings is 1. The zero-order chi connectivity index (χ0) is 37.0. The number of fused-ring (bicyclic) bond motifs is 6. The molecule has 0 saturated carbocycles. The second kappa shape index (κ2) is 13.0. The Morgan fingerprint density at radius 2 is 0.839 bits per heavy atom. The van der Waals surface area contributed by atoms with Crippen LogP contribution < -0.4 is 0 Å². The van der Waals surface area contributed by atoms with E-state index in [4.69, 9.17) is 15.0 Å². The Kier molecular flexibility index (Phi) is 7.38. The lowest BCUT2D eigenvalue weighted by Crippen LogP contribution is -2.02. The maximum absolute atomic E-state index is 5.09. The van der Waals surface area contributed by atoms with Gasteiger partial charge in [0.25, 0.3) is 0 Å². The van der Waals surface area contributed by atoms with Gasteiger partial charge < -0.3 is 9.13 Å². The molecule has 0 amide bonds. The van der Waals surface area contributed by atoms with E-state index in [1.807, 2.05) is 79.1 Å². The smallest absolute Gasteiger partial charge is 0.164 e. The van der Waals surface area contributed by atoms with Gasteiger partial charge in [0.05, 0.1) is 27.8 Å². The van der Waals surface area contributed by atoms with Crippen molar-refractivity contribution in [2.45, 2.75) is 0 Å². The van der Waals surface area contributed by atoms with Gasteiger partial charge in [-0.15, -0.1) is 0 Å². The highest BCUT2D eigenvalue weighted by molar-refractivity contribution is 6.12. The monoisotopic (exact) mass is 716 g/mol. The van der Waals surface area contributed by atoms with Crippen molar-refractivity contribution in [3.8, 4) is 56.7 Å². The number of benzene rings is 7. The van der Waals surface area contributed by atoms with Gasteiger partial charge in [0, 0.05) is 67.4 Å². The molecule has 4 aromatic heterocycles. The number of rotatable bonds is 6. The minimum atomic E-state index is 0.603. The van der Waals surface area contributed by atoms with E-state index in [2.05, 4.69) is 129 Å². The quantitative estimate of drug-likeness (QED) is 0.172. The average molecular weight is 717 g/mol. The van der Waals surface area contributed by atoms with E-state index < -0.39 is 0 Å². The molecule has 0 radical (unpaired) electrons. The van der Waals surface area contributed by atoms with Gasteiger partial charge in [-0.3, -0.25) is 4.98 Å². The molecule has 6 nitrogen and oxygen atoms in total. The molecule has 262 valence electrons. The van der Waals surface area contributed by atoms with Gasteiger partial charge in [0.15, 0.2) is 17.5 Å². The highest BCUT2D eigenvalue weighted by Crippen LogP contribution is 2.40. The fourth-order valence-electron chi connectivity index (χ4n) is 8.12. The van der Waals surface area contributed by atoms with Crippen molar-refractivity contribution < 1.29 is 0 Å². The van der Waals surface area contributed by atoms with Gasteiger partial charge in [-0.05, 0) is 48.5 Å². The van der Waals surface area contributed by atoms with Crippen molar-refractivity contribution in [3.05, 3.63) is 194 Å². The van der Waals surface area contributed by atoms with Gasteiger partial charge in [-0.25, -0.2) is 15.0 Å². The summed E-state index contributed by atoms with van der Waals surface area (Å²) in [6.07, 6.45) is 3.74. The molecule has 0 spiro atoms. The Balaban J connectivity index is 1.16. The first-order chi connectivity index (χ1) is 27.8. The largest absolute Gasteiger partial charge is 0.309 e. The molecule has 6 heteroatoms. The highest BCUT2D eigenvalue weighted by atomic mass is 15.0. The van der Waals surface area contributed by atoms with Crippen LogP contribution in [0.4, 0.5) is 0 Å². The highest BCUT2D eigenvalue weighted by Gasteiger charge is 2.20. The second-order valence-corrected chi connectivity index (χ2v) is 13.9. The van der Waals surface area contributed by atoms with Gasteiger partial charge in [0.2, 0.25) is 0 Å². The third kappa shape index (κ3) is 5.19. The van der Waals surface area contributed by atoms with E-state index in [1.165, 1.54) is 32.6 Å². The van der Waals surface area contributed by atoms with Gasteiger partial charge in [0.1, 0.15) is 0 Å². The predicted molar refractivity (Wildman–Crippen MR) is 228 cm³/mol. The van der Waals surface area contributed by atoms with E-state index in [9.17, 15) is 0 Å². The van der Waals surface area contributed by atoms with Gasteiger partial charge in [-0.2, -0.15) is 0 Å². The molecule has 0 aliphatic carbocycles.